The zero-order chi connectivity index (χ0) is 20.0. The lowest BCUT2D eigenvalue weighted by Crippen LogP contribution is -2.44. The van der Waals surface area contributed by atoms with Gasteiger partial charge in [0.1, 0.15) is 0 Å². The Hall–Kier alpha value is -0.0800. The van der Waals surface area contributed by atoms with E-state index in [2.05, 4.69) is 42.5 Å². The van der Waals surface area contributed by atoms with Gasteiger partial charge in [0.15, 0.2) is 0 Å². The molecule has 0 saturated carbocycles. The van der Waals surface area contributed by atoms with Gasteiger partial charge in [0.25, 0.3) is 0 Å². The van der Waals surface area contributed by atoms with Crippen molar-refractivity contribution < 1.29 is 0 Å². The molecule has 2 aromatic rings. The second-order valence-corrected chi connectivity index (χ2v) is 10.2. The maximum Gasteiger partial charge on any atom is 0.0894 e. The first-order valence-electron chi connectivity index (χ1n) is 9.18. The average Bonchev–Trinajstić information content (AvgIpc) is 2.70. The van der Waals surface area contributed by atoms with E-state index in [1.165, 1.54) is 16.3 Å². The lowest BCUT2D eigenvalue weighted by atomic mass is 9.75. The molecule has 28 heavy (non-hydrogen) atoms. The van der Waals surface area contributed by atoms with E-state index in [9.17, 15) is 0 Å². The van der Waals surface area contributed by atoms with Gasteiger partial charge < -0.3 is 0 Å². The van der Waals surface area contributed by atoms with Crippen molar-refractivity contribution in [2.75, 3.05) is 0 Å². The summed E-state index contributed by atoms with van der Waals surface area (Å²) in [6.07, 6.45) is 3.59. The van der Waals surface area contributed by atoms with E-state index in [4.69, 9.17) is 69.6 Å². The lowest BCUT2D eigenvalue weighted by molar-refractivity contribution is 0.482. The van der Waals surface area contributed by atoms with Crippen LogP contribution >= 0.6 is 69.6 Å². The zero-order valence-electron chi connectivity index (χ0n) is 14.8. The van der Waals surface area contributed by atoms with Crippen LogP contribution in [0.4, 0.5) is 0 Å². The van der Waals surface area contributed by atoms with Crippen molar-refractivity contribution in [3.63, 3.8) is 0 Å². The molecule has 6 unspecified atom stereocenters. The number of alkyl halides is 5. The first-order valence-corrected chi connectivity index (χ1v) is 11.7. The molecule has 6 heteroatoms. The van der Waals surface area contributed by atoms with Crippen molar-refractivity contribution in [1.29, 1.82) is 0 Å². The summed E-state index contributed by atoms with van der Waals surface area (Å²) >= 11 is 39.3. The van der Waals surface area contributed by atoms with Crippen LogP contribution in [0.2, 0.25) is 0 Å². The number of fused-ring (bicyclic) bond motifs is 1. The summed E-state index contributed by atoms with van der Waals surface area (Å²) in [4.78, 5) is 0. The minimum Gasteiger partial charge on any atom is -0.121 e. The second-order valence-electron chi connectivity index (χ2n) is 7.32. The first-order chi connectivity index (χ1) is 13.4. The number of rotatable bonds is 3. The molecule has 2 aliphatic rings. The van der Waals surface area contributed by atoms with Gasteiger partial charge >= 0.3 is 0 Å². The van der Waals surface area contributed by atoms with E-state index in [1.807, 2.05) is 6.08 Å². The molecular formula is C22H18Cl6. The number of hydrogen-bond acceptors (Lipinski definition) is 0. The molecule has 0 heterocycles. The highest BCUT2D eigenvalue weighted by Gasteiger charge is 2.46. The Bertz CT molecular complexity index is 944. The minimum atomic E-state index is -0.502. The van der Waals surface area contributed by atoms with Crippen LogP contribution in [0.5, 0.6) is 0 Å². The Morgan fingerprint density at radius 3 is 2.25 bits per heavy atom. The van der Waals surface area contributed by atoms with E-state index in [1.54, 1.807) is 0 Å². The molecule has 0 nitrogen and oxygen atoms in total. The van der Waals surface area contributed by atoms with E-state index in [-0.39, 0.29) is 11.3 Å². The number of allylic oxidation sites excluding steroid dienone is 4. The number of halogens is 6. The van der Waals surface area contributed by atoms with E-state index in [0.29, 0.717) is 5.03 Å². The van der Waals surface area contributed by atoms with Gasteiger partial charge in [0, 0.05) is 11.0 Å². The molecule has 0 saturated heterocycles. The standard InChI is InChI=1S/C22H18Cl6/c23-16-10-15-14(18(24)22(28)21(27)17(15)20(26)19(16)25)9-8-12-6-3-5-11-4-1-2-7-13(11)12/h1-7,10,14,18-22H,8-9H2. The normalized spacial score (nSPS) is 33.0. The Balaban J connectivity index is 1.69. The van der Waals surface area contributed by atoms with Gasteiger partial charge in [-0.25, -0.2) is 0 Å². The van der Waals surface area contributed by atoms with Crippen LogP contribution < -0.4 is 0 Å². The zero-order valence-corrected chi connectivity index (χ0v) is 19.3. The van der Waals surface area contributed by atoms with Crippen molar-refractivity contribution in [3.8, 4) is 0 Å². The second kappa shape index (κ2) is 8.58. The molecule has 4 rings (SSSR count). The molecule has 0 bridgehead atoms. The molecule has 0 fully saturated rings. The third-order valence-electron chi connectivity index (χ3n) is 5.71. The average molecular weight is 495 g/mol. The Kier molecular flexibility index (Phi) is 6.48. The fraction of sp³-hybridized carbons (Fsp3) is 0.364. The predicted octanol–water partition coefficient (Wildman–Crippen LogP) is 7.87. The summed E-state index contributed by atoms with van der Waals surface area (Å²) in [6, 6.07) is 14.8. The third-order valence-corrected chi connectivity index (χ3v) is 9.14. The first kappa shape index (κ1) is 21.2. The van der Waals surface area contributed by atoms with E-state index in [0.717, 1.165) is 24.0 Å². The molecule has 0 aliphatic heterocycles. The molecular weight excluding hydrogens is 477 g/mol. The van der Waals surface area contributed by atoms with Gasteiger partial charge in [-0.3, -0.25) is 0 Å². The van der Waals surface area contributed by atoms with Crippen LogP contribution in [0, 0.1) is 5.92 Å². The fourth-order valence-electron chi connectivity index (χ4n) is 4.26. The lowest BCUT2D eigenvalue weighted by Gasteiger charge is -2.42. The molecule has 0 aromatic heterocycles. The maximum atomic E-state index is 6.77. The molecule has 6 atom stereocenters. The van der Waals surface area contributed by atoms with Crippen LogP contribution in [-0.2, 0) is 6.42 Å². The molecule has 0 N–H and O–H groups in total. The Morgan fingerprint density at radius 2 is 1.46 bits per heavy atom. The summed E-state index contributed by atoms with van der Waals surface area (Å²) in [7, 11) is 0. The quantitative estimate of drug-likeness (QED) is 0.381. The Morgan fingerprint density at radius 1 is 0.750 bits per heavy atom. The van der Waals surface area contributed by atoms with Gasteiger partial charge in [-0.2, -0.15) is 0 Å². The van der Waals surface area contributed by atoms with Crippen molar-refractivity contribution in [2.24, 2.45) is 5.92 Å². The number of benzene rings is 2. The van der Waals surface area contributed by atoms with Crippen LogP contribution in [0.15, 0.2) is 64.7 Å². The van der Waals surface area contributed by atoms with Gasteiger partial charge in [0.2, 0.25) is 0 Å². The van der Waals surface area contributed by atoms with Gasteiger partial charge in [0.05, 0.1) is 26.9 Å². The molecule has 2 aliphatic carbocycles. The Labute approximate surface area is 195 Å². The van der Waals surface area contributed by atoms with Crippen molar-refractivity contribution in [2.45, 2.75) is 39.7 Å². The SMILES string of the molecule is ClC1=CC2=C(C(Cl)C1Cl)C(Cl)C(Cl)C(Cl)C2CCc1cccc2ccccc12. The van der Waals surface area contributed by atoms with Crippen LogP contribution in [-0.4, -0.2) is 26.9 Å². The highest BCUT2D eigenvalue weighted by molar-refractivity contribution is 6.43. The fourth-order valence-corrected chi connectivity index (χ4v) is 6.44. The van der Waals surface area contributed by atoms with Gasteiger partial charge in [-0.1, -0.05) is 54.1 Å². The molecule has 148 valence electrons. The molecule has 0 radical (unpaired) electrons. The van der Waals surface area contributed by atoms with Crippen LogP contribution in [0.3, 0.4) is 0 Å². The van der Waals surface area contributed by atoms with Crippen LogP contribution in [0.1, 0.15) is 12.0 Å². The van der Waals surface area contributed by atoms with Crippen molar-refractivity contribution >= 4 is 80.4 Å². The summed E-state index contributed by atoms with van der Waals surface area (Å²) in [6.45, 7) is 0. The molecule has 0 spiro atoms. The molecule has 2 aromatic carbocycles. The smallest absolute Gasteiger partial charge is 0.0894 e. The van der Waals surface area contributed by atoms with E-state index >= 15 is 0 Å². The topological polar surface area (TPSA) is 0 Å². The summed E-state index contributed by atoms with van der Waals surface area (Å²) in [5.41, 5.74) is 3.15. The van der Waals surface area contributed by atoms with Gasteiger partial charge in [-0.15, -0.1) is 58.0 Å². The molecule has 0 amide bonds. The predicted molar refractivity (Wildman–Crippen MR) is 125 cm³/mol. The highest BCUT2D eigenvalue weighted by Crippen LogP contribution is 2.49. The summed E-state index contributed by atoms with van der Waals surface area (Å²) < 4.78 is 0. The summed E-state index contributed by atoms with van der Waals surface area (Å²) in [5, 5.41) is 0.832. The monoisotopic (exact) mass is 492 g/mol. The third kappa shape index (κ3) is 3.70. The minimum absolute atomic E-state index is 0.00676. The number of aryl methyl sites for hydroxylation is 1. The highest BCUT2D eigenvalue weighted by atomic mass is 35.5. The van der Waals surface area contributed by atoms with E-state index < -0.39 is 21.5 Å². The van der Waals surface area contributed by atoms with Crippen molar-refractivity contribution in [3.05, 3.63) is 70.3 Å². The summed E-state index contributed by atoms with van der Waals surface area (Å²) in [5.74, 6) is 0.00676. The largest absolute Gasteiger partial charge is 0.121 e. The van der Waals surface area contributed by atoms with Crippen molar-refractivity contribution in [1.82, 2.24) is 0 Å². The number of hydrogen-bond donors (Lipinski definition) is 0. The van der Waals surface area contributed by atoms with Gasteiger partial charge in [-0.05, 0) is 46.4 Å². The maximum absolute atomic E-state index is 6.77. The van der Waals surface area contributed by atoms with Crippen LogP contribution in [0.25, 0.3) is 10.8 Å².